The highest BCUT2D eigenvalue weighted by atomic mass is 16.3. The summed E-state index contributed by atoms with van der Waals surface area (Å²) < 4.78 is 0. The van der Waals surface area contributed by atoms with Gasteiger partial charge in [-0.25, -0.2) is 9.97 Å². The molecule has 1 aliphatic rings. The van der Waals surface area contributed by atoms with Crippen LogP contribution in [0, 0.1) is 6.92 Å². The monoisotopic (exact) mass is 206 g/mol. The van der Waals surface area contributed by atoms with E-state index in [0.717, 1.165) is 17.2 Å². The van der Waals surface area contributed by atoms with E-state index in [1.165, 1.54) is 32.1 Å². The van der Waals surface area contributed by atoms with Crippen molar-refractivity contribution in [3.05, 3.63) is 23.3 Å². The van der Waals surface area contributed by atoms with Crippen molar-refractivity contribution in [1.29, 1.82) is 0 Å². The van der Waals surface area contributed by atoms with Crippen molar-refractivity contribution in [2.45, 2.75) is 51.6 Å². The molecule has 3 heteroatoms. The van der Waals surface area contributed by atoms with Gasteiger partial charge in [0.05, 0.1) is 12.3 Å². The summed E-state index contributed by atoms with van der Waals surface area (Å²) in [6, 6.07) is 1.85. The zero-order chi connectivity index (χ0) is 10.7. The molecule has 0 amide bonds. The maximum atomic E-state index is 9.09. The molecule has 0 aliphatic heterocycles. The van der Waals surface area contributed by atoms with Gasteiger partial charge in [0.25, 0.3) is 0 Å². The maximum Gasteiger partial charge on any atom is 0.132 e. The molecule has 1 N–H and O–H groups in total. The summed E-state index contributed by atoms with van der Waals surface area (Å²) >= 11 is 0. The molecule has 1 aromatic heterocycles. The first kappa shape index (κ1) is 10.6. The summed E-state index contributed by atoms with van der Waals surface area (Å²) in [5.74, 6) is 1.46. The lowest BCUT2D eigenvalue weighted by Crippen LogP contribution is -2.11. The van der Waals surface area contributed by atoms with Gasteiger partial charge in [-0.15, -0.1) is 0 Å². The van der Waals surface area contributed by atoms with Gasteiger partial charge in [0.1, 0.15) is 5.82 Å². The highest BCUT2D eigenvalue weighted by molar-refractivity contribution is 5.12. The summed E-state index contributed by atoms with van der Waals surface area (Å²) in [7, 11) is 0. The Labute approximate surface area is 90.6 Å². The molecule has 1 heterocycles. The van der Waals surface area contributed by atoms with Crippen molar-refractivity contribution in [3.8, 4) is 0 Å². The smallest absolute Gasteiger partial charge is 0.132 e. The molecule has 0 unspecified atom stereocenters. The van der Waals surface area contributed by atoms with Gasteiger partial charge in [0.2, 0.25) is 0 Å². The van der Waals surface area contributed by atoms with E-state index in [-0.39, 0.29) is 6.61 Å². The van der Waals surface area contributed by atoms with Crippen LogP contribution in [0.3, 0.4) is 0 Å². The van der Waals surface area contributed by atoms with Gasteiger partial charge in [-0.3, -0.25) is 0 Å². The second-order valence-electron chi connectivity index (χ2n) is 4.35. The Balaban J connectivity index is 2.22. The first-order chi connectivity index (χ1) is 7.29. The van der Waals surface area contributed by atoms with E-state index in [1.807, 2.05) is 13.0 Å². The van der Waals surface area contributed by atoms with E-state index in [1.54, 1.807) is 0 Å². The maximum absolute atomic E-state index is 9.09. The number of aromatic nitrogens is 2. The minimum atomic E-state index is 0.0169. The van der Waals surface area contributed by atoms with E-state index >= 15 is 0 Å². The van der Waals surface area contributed by atoms with E-state index in [9.17, 15) is 0 Å². The zero-order valence-electron chi connectivity index (χ0n) is 9.24. The van der Waals surface area contributed by atoms with E-state index in [4.69, 9.17) is 5.11 Å². The Morgan fingerprint density at radius 2 is 2.00 bits per heavy atom. The minimum absolute atomic E-state index is 0.0169. The van der Waals surface area contributed by atoms with Crippen LogP contribution in [0.25, 0.3) is 0 Å². The molecule has 1 saturated carbocycles. The normalized spacial score (nSPS) is 18.0. The van der Waals surface area contributed by atoms with Crippen LogP contribution in [0.5, 0.6) is 0 Å². The largest absolute Gasteiger partial charge is 0.390 e. The number of rotatable bonds is 2. The van der Waals surface area contributed by atoms with Crippen LogP contribution >= 0.6 is 0 Å². The number of aryl methyl sites for hydroxylation is 1. The summed E-state index contributed by atoms with van der Waals surface area (Å²) in [5.41, 5.74) is 1.72. The van der Waals surface area contributed by atoms with Crippen LogP contribution in [-0.4, -0.2) is 15.1 Å². The van der Waals surface area contributed by atoms with E-state index < -0.39 is 0 Å². The van der Waals surface area contributed by atoms with Crippen molar-refractivity contribution >= 4 is 0 Å². The lowest BCUT2D eigenvalue weighted by atomic mass is 9.88. The van der Waals surface area contributed by atoms with Gasteiger partial charge in [0, 0.05) is 11.6 Å². The van der Waals surface area contributed by atoms with Gasteiger partial charge in [-0.1, -0.05) is 19.3 Å². The molecule has 0 aromatic carbocycles. The molecule has 0 spiro atoms. The number of aliphatic hydroxyl groups excluding tert-OH is 1. The van der Waals surface area contributed by atoms with Gasteiger partial charge in [0.15, 0.2) is 0 Å². The van der Waals surface area contributed by atoms with Crippen LogP contribution in [0.4, 0.5) is 0 Å². The predicted molar refractivity (Wildman–Crippen MR) is 58.5 cm³/mol. The third kappa shape index (κ3) is 2.53. The first-order valence-electron chi connectivity index (χ1n) is 5.75. The Morgan fingerprint density at radius 1 is 1.27 bits per heavy atom. The number of hydrogen-bond acceptors (Lipinski definition) is 3. The molecule has 1 aliphatic carbocycles. The fourth-order valence-electron chi connectivity index (χ4n) is 2.28. The van der Waals surface area contributed by atoms with Crippen LogP contribution in [0.1, 0.15) is 55.2 Å². The van der Waals surface area contributed by atoms with Gasteiger partial charge < -0.3 is 5.11 Å². The van der Waals surface area contributed by atoms with Crippen molar-refractivity contribution < 1.29 is 5.11 Å². The summed E-state index contributed by atoms with van der Waals surface area (Å²) in [6.07, 6.45) is 6.32. The minimum Gasteiger partial charge on any atom is -0.390 e. The standard InChI is InChI=1S/C12H18N2O/c1-9-7-11(8-15)14-12(13-9)10-5-3-2-4-6-10/h7,10,15H,2-6,8H2,1H3. The molecule has 0 saturated heterocycles. The molecule has 82 valence electrons. The van der Waals surface area contributed by atoms with Crippen LogP contribution in [-0.2, 0) is 6.61 Å². The van der Waals surface area contributed by atoms with Crippen LogP contribution in [0.15, 0.2) is 6.07 Å². The van der Waals surface area contributed by atoms with Gasteiger partial charge in [-0.2, -0.15) is 0 Å². The molecule has 0 radical (unpaired) electrons. The van der Waals surface area contributed by atoms with Crippen molar-refractivity contribution in [2.24, 2.45) is 0 Å². The van der Waals surface area contributed by atoms with Gasteiger partial charge >= 0.3 is 0 Å². The SMILES string of the molecule is Cc1cc(CO)nc(C2CCCCC2)n1. The second kappa shape index (κ2) is 4.71. The first-order valence-corrected chi connectivity index (χ1v) is 5.75. The lowest BCUT2D eigenvalue weighted by molar-refractivity contribution is 0.275. The predicted octanol–water partition coefficient (Wildman–Crippen LogP) is 2.33. The van der Waals surface area contributed by atoms with Crippen LogP contribution in [0.2, 0.25) is 0 Å². The third-order valence-corrected chi connectivity index (χ3v) is 3.06. The molecule has 1 aromatic rings. The highest BCUT2D eigenvalue weighted by Gasteiger charge is 2.18. The highest BCUT2D eigenvalue weighted by Crippen LogP contribution is 2.30. The topological polar surface area (TPSA) is 46.0 Å². The third-order valence-electron chi connectivity index (χ3n) is 3.06. The lowest BCUT2D eigenvalue weighted by Gasteiger charge is -2.20. The fourth-order valence-corrected chi connectivity index (χ4v) is 2.28. The van der Waals surface area contributed by atoms with Crippen molar-refractivity contribution in [3.63, 3.8) is 0 Å². The summed E-state index contributed by atoms with van der Waals surface area (Å²) in [6.45, 7) is 1.98. The van der Waals surface area contributed by atoms with Crippen molar-refractivity contribution in [1.82, 2.24) is 9.97 Å². The summed E-state index contributed by atoms with van der Waals surface area (Å²) in [4.78, 5) is 8.90. The Hall–Kier alpha value is -0.960. The summed E-state index contributed by atoms with van der Waals surface area (Å²) in [5, 5.41) is 9.09. The van der Waals surface area contributed by atoms with Gasteiger partial charge in [-0.05, 0) is 25.8 Å². The second-order valence-corrected chi connectivity index (χ2v) is 4.35. The molecule has 3 nitrogen and oxygen atoms in total. The molecule has 0 bridgehead atoms. The van der Waals surface area contributed by atoms with Crippen LogP contribution < -0.4 is 0 Å². The van der Waals surface area contributed by atoms with E-state index in [0.29, 0.717) is 5.92 Å². The van der Waals surface area contributed by atoms with E-state index in [2.05, 4.69) is 9.97 Å². The molecule has 2 rings (SSSR count). The Bertz CT molecular complexity index is 332. The number of nitrogens with zero attached hydrogens (tertiary/aromatic N) is 2. The zero-order valence-corrected chi connectivity index (χ0v) is 9.24. The fraction of sp³-hybridized carbons (Fsp3) is 0.667. The quantitative estimate of drug-likeness (QED) is 0.807. The molecule has 0 atom stereocenters. The number of aliphatic hydroxyl groups is 1. The number of hydrogen-bond donors (Lipinski definition) is 1. The average molecular weight is 206 g/mol. The average Bonchev–Trinajstić information content (AvgIpc) is 2.29. The Morgan fingerprint density at radius 3 is 2.67 bits per heavy atom. The molecule has 15 heavy (non-hydrogen) atoms. The molecule has 1 fully saturated rings. The Kier molecular flexibility index (Phi) is 3.31. The molecular weight excluding hydrogens is 188 g/mol. The molecular formula is C12H18N2O. The van der Waals surface area contributed by atoms with Crippen molar-refractivity contribution in [2.75, 3.05) is 0 Å².